The molecule has 5 rings (SSSR count). The highest BCUT2D eigenvalue weighted by molar-refractivity contribution is 7.07. The van der Waals surface area contributed by atoms with Gasteiger partial charge in [-0.25, -0.2) is 0 Å². The molecule has 1 aliphatic heterocycles. The van der Waals surface area contributed by atoms with Crippen LogP contribution in [0.1, 0.15) is 17.5 Å². The lowest BCUT2D eigenvalue weighted by atomic mass is 10.1. The number of benzene rings is 2. The summed E-state index contributed by atoms with van der Waals surface area (Å²) in [5.74, 6) is 0.443. The molecule has 1 atom stereocenters. The smallest absolute Gasteiger partial charge is 0.258 e. The fraction of sp³-hybridized carbons (Fsp3) is 0.200. The van der Waals surface area contributed by atoms with Crippen LogP contribution in [0.4, 0.5) is 5.69 Å². The van der Waals surface area contributed by atoms with Crippen molar-refractivity contribution in [3.8, 4) is 22.8 Å². The Balaban J connectivity index is 1.21. The van der Waals surface area contributed by atoms with E-state index in [1.807, 2.05) is 60.1 Å². The number of likely N-dealkylation sites (tertiary alicyclic amines) is 1. The van der Waals surface area contributed by atoms with Gasteiger partial charge in [0, 0.05) is 36.3 Å². The van der Waals surface area contributed by atoms with Gasteiger partial charge in [-0.1, -0.05) is 35.0 Å². The summed E-state index contributed by atoms with van der Waals surface area (Å²) in [7, 11) is 0. The molecule has 0 aliphatic carbocycles. The second-order valence-electron chi connectivity index (χ2n) is 8.16. The van der Waals surface area contributed by atoms with Crippen LogP contribution in [0.15, 0.2) is 69.9 Å². The van der Waals surface area contributed by atoms with Gasteiger partial charge in [0.1, 0.15) is 0 Å². The maximum absolute atomic E-state index is 12.7. The number of hydrogen-bond acceptors (Lipinski definition) is 6. The van der Waals surface area contributed by atoms with Gasteiger partial charge in [0.25, 0.3) is 5.89 Å². The van der Waals surface area contributed by atoms with Crippen LogP contribution in [-0.2, 0) is 16.1 Å². The second kappa shape index (κ2) is 8.99. The fourth-order valence-electron chi connectivity index (χ4n) is 3.80. The molecule has 0 radical (unpaired) electrons. The maximum atomic E-state index is 12.7. The van der Waals surface area contributed by atoms with Crippen LogP contribution >= 0.6 is 11.3 Å². The highest BCUT2D eigenvalue weighted by Crippen LogP contribution is 2.25. The van der Waals surface area contributed by atoms with Gasteiger partial charge in [0.2, 0.25) is 17.6 Å². The van der Waals surface area contributed by atoms with E-state index in [1.54, 1.807) is 28.4 Å². The van der Waals surface area contributed by atoms with Gasteiger partial charge in [-0.05, 0) is 53.6 Å². The Morgan fingerprint density at radius 2 is 1.88 bits per heavy atom. The molecule has 2 aromatic heterocycles. The molecule has 8 heteroatoms. The first kappa shape index (κ1) is 21.1. The van der Waals surface area contributed by atoms with Crippen LogP contribution in [-0.4, -0.2) is 33.4 Å². The monoisotopic (exact) mass is 458 g/mol. The zero-order chi connectivity index (χ0) is 22.8. The normalized spacial score (nSPS) is 15.7. The first-order valence-electron chi connectivity index (χ1n) is 10.7. The number of anilines is 1. The van der Waals surface area contributed by atoms with Crippen molar-refractivity contribution < 1.29 is 14.1 Å². The molecular weight excluding hydrogens is 436 g/mol. The van der Waals surface area contributed by atoms with Crippen LogP contribution in [0.5, 0.6) is 0 Å². The summed E-state index contributed by atoms with van der Waals surface area (Å²) in [6.45, 7) is 3.01. The number of rotatable bonds is 6. The predicted octanol–water partition coefficient (Wildman–Crippen LogP) is 4.76. The van der Waals surface area contributed by atoms with Gasteiger partial charge >= 0.3 is 0 Å². The van der Waals surface area contributed by atoms with E-state index in [9.17, 15) is 9.59 Å². The van der Waals surface area contributed by atoms with Crippen LogP contribution in [0.25, 0.3) is 22.8 Å². The fourth-order valence-corrected chi connectivity index (χ4v) is 4.46. The summed E-state index contributed by atoms with van der Waals surface area (Å²) in [6.07, 6.45) is 0.234. The Bertz CT molecular complexity index is 1260. The number of carbonyl (C=O) groups is 2. The SMILES string of the molecule is Cc1ccc(-c2noc(-c3ccc(NC(=O)C4CC(=O)N(Cc5ccsc5)C4)cc3)n2)cc1. The molecular formula is C25H22N4O3S. The topological polar surface area (TPSA) is 88.3 Å². The quantitative estimate of drug-likeness (QED) is 0.450. The van der Waals surface area contributed by atoms with Crippen molar-refractivity contribution in [3.05, 3.63) is 76.5 Å². The number of hydrogen-bond donors (Lipinski definition) is 1. The van der Waals surface area contributed by atoms with Crippen molar-refractivity contribution in [2.24, 2.45) is 5.92 Å². The zero-order valence-electron chi connectivity index (χ0n) is 18.0. The molecule has 0 saturated carbocycles. The Labute approximate surface area is 195 Å². The summed E-state index contributed by atoms with van der Waals surface area (Å²) in [5, 5.41) is 11.0. The Morgan fingerprint density at radius 3 is 2.61 bits per heavy atom. The average Bonchev–Trinajstić information content (AvgIpc) is 3.58. The molecule has 2 amide bonds. The minimum Gasteiger partial charge on any atom is -0.338 e. The van der Waals surface area contributed by atoms with E-state index in [2.05, 4.69) is 15.5 Å². The van der Waals surface area contributed by atoms with Crippen molar-refractivity contribution in [2.45, 2.75) is 19.9 Å². The molecule has 166 valence electrons. The van der Waals surface area contributed by atoms with Gasteiger partial charge in [-0.15, -0.1) is 0 Å². The molecule has 33 heavy (non-hydrogen) atoms. The predicted molar refractivity (Wildman–Crippen MR) is 126 cm³/mol. The maximum Gasteiger partial charge on any atom is 0.258 e. The first-order chi connectivity index (χ1) is 16.0. The molecule has 1 saturated heterocycles. The molecule has 3 heterocycles. The minimum absolute atomic E-state index is 0.0115. The lowest BCUT2D eigenvalue weighted by Gasteiger charge is -2.15. The van der Waals surface area contributed by atoms with Gasteiger partial charge in [-0.2, -0.15) is 16.3 Å². The molecule has 0 spiro atoms. The lowest BCUT2D eigenvalue weighted by molar-refractivity contribution is -0.128. The van der Waals surface area contributed by atoms with Crippen molar-refractivity contribution in [1.29, 1.82) is 0 Å². The first-order valence-corrected chi connectivity index (χ1v) is 11.6. The third-order valence-corrected chi connectivity index (χ3v) is 6.41. The third-order valence-electron chi connectivity index (χ3n) is 5.67. The summed E-state index contributed by atoms with van der Waals surface area (Å²) in [5.41, 5.74) is 4.56. The molecule has 2 aromatic carbocycles. The zero-order valence-corrected chi connectivity index (χ0v) is 18.8. The number of nitrogens with zero attached hydrogens (tertiary/aromatic N) is 3. The number of aromatic nitrogens is 2. The second-order valence-corrected chi connectivity index (χ2v) is 8.94. The van der Waals surface area contributed by atoms with E-state index in [0.29, 0.717) is 30.5 Å². The van der Waals surface area contributed by atoms with Crippen molar-refractivity contribution in [3.63, 3.8) is 0 Å². The van der Waals surface area contributed by atoms with Crippen LogP contribution in [0.3, 0.4) is 0 Å². The molecule has 1 fully saturated rings. The molecule has 1 N–H and O–H groups in total. The Hall–Kier alpha value is -3.78. The van der Waals surface area contributed by atoms with Gasteiger partial charge < -0.3 is 14.7 Å². The van der Waals surface area contributed by atoms with Crippen molar-refractivity contribution in [1.82, 2.24) is 15.0 Å². The summed E-state index contributed by atoms with van der Waals surface area (Å²) >= 11 is 1.60. The number of nitrogens with one attached hydrogen (secondary N) is 1. The molecule has 0 bridgehead atoms. The van der Waals surface area contributed by atoms with Crippen molar-refractivity contribution in [2.75, 3.05) is 11.9 Å². The molecule has 1 unspecified atom stereocenters. The standard InChI is InChI=1S/C25H22N4O3S/c1-16-2-4-18(5-3-16)23-27-25(32-28-23)19-6-8-21(9-7-19)26-24(31)20-12-22(30)29(14-20)13-17-10-11-33-15-17/h2-11,15,20H,12-14H2,1H3,(H,26,31). The van der Waals surface area contributed by atoms with E-state index in [1.165, 1.54) is 0 Å². The summed E-state index contributed by atoms with van der Waals surface area (Å²) in [6, 6.07) is 17.2. The Kier molecular flexibility index (Phi) is 5.75. The number of thiophene rings is 1. The number of amides is 2. The molecule has 4 aromatic rings. The Morgan fingerprint density at radius 1 is 1.12 bits per heavy atom. The van der Waals surface area contributed by atoms with Gasteiger partial charge in [-0.3, -0.25) is 9.59 Å². The molecule has 7 nitrogen and oxygen atoms in total. The van der Waals surface area contributed by atoms with Crippen molar-refractivity contribution >= 4 is 28.8 Å². The van der Waals surface area contributed by atoms with Crippen LogP contribution in [0.2, 0.25) is 0 Å². The number of carbonyl (C=O) groups excluding carboxylic acids is 2. The van der Waals surface area contributed by atoms with E-state index >= 15 is 0 Å². The summed E-state index contributed by atoms with van der Waals surface area (Å²) in [4.78, 5) is 31.3. The average molecular weight is 459 g/mol. The van der Waals surface area contributed by atoms with E-state index in [4.69, 9.17) is 4.52 Å². The van der Waals surface area contributed by atoms with E-state index < -0.39 is 0 Å². The number of aryl methyl sites for hydroxylation is 1. The largest absolute Gasteiger partial charge is 0.338 e. The van der Waals surface area contributed by atoms with Gasteiger partial charge in [0.15, 0.2) is 0 Å². The third kappa shape index (κ3) is 4.70. The highest BCUT2D eigenvalue weighted by atomic mass is 32.1. The van der Waals surface area contributed by atoms with E-state index in [-0.39, 0.29) is 24.2 Å². The molecule has 1 aliphatic rings. The van der Waals surface area contributed by atoms with Crippen LogP contribution in [0, 0.1) is 12.8 Å². The highest BCUT2D eigenvalue weighted by Gasteiger charge is 2.34. The minimum atomic E-state index is -0.358. The lowest BCUT2D eigenvalue weighted by Crippen LogP contribution is -2.27. The van der Waals surface area contributed by atoms with E-state index in [0.717, 1.165) is 22.3 Å². The van der Waals surface area contributed by atoms with Gasteiger partial charge in [0.05, 0.1) is 5.92 Å². The summed E-state index contributed by atoms with van der Waals surface area (Å²) < 4.78 is 5.41. The van der Waals surface area contributed by atoms with Crippen LogP contribution < -0.4 is 5.32 Å².